The maximum Gasteiger partial charge on any atom is 0.228 e. The van der Waals surface area contributed by atoms with E-state index >= 15 is 0 Å². The summed E-state index contributed by atoms with van der Waals surface area (Å²) in [4.78, 5) is 20.5. The van der Waals surface area contributed by atoms with Crippen molar-refractivity contribution in [2.45, 2.75) is 32.7 Å². The number of aromatic nitrogens is 2. The third-order valence-electron chi connectivity index (χ3n) is 4.52. The number of nitrogens with one attached hydrogen (secondary N) is 2. The van der Waals surface area contributed by atoms with Crippen LogP contribution in [-0.2, 0) is 11.3 Å². The van der Waals surface area contributed by atoms with Crippen molar-refractivity contribution >= 4 is 16.9 Å². The van der Waals surface area contributed by atoms with E-state index in [4.69, 9.17) is 0 Å². The average Bonchev–Trinajstić information content (AvgIpc) is 3.04. The van der Waals surface area contributed by atoms with Crippen LogP contribution in [0, 0.1) is 5.92 Å². The SMILES string of the molecule is CC[C@@H](C)[C@@H](C(=O)NCc1nc2ccccc2[nH]1)c1ccccc1. The summed E-state index contributed by atoms with van der Waals surface area (Å²) < 4.78 is 0. The minimum Gasteiger partial charge on any atom is -0.348 e. The number of aromatic amines is 1. The van der Waals surface area contributed by atoms with E-state index in [9.17, 15) is 4.79 Å². The smallest absolute Gasteiger partial charge is 0.228 e. The molecule has 0 bridgehead atoms. The molecule has 0 fully saturated rings. The number of fused-ring (bicyclic) bond motifs is 1. The lowest BCUT2D eigenvalue weighted by atomic mass is 9.85. The summed E-state index contributed by atoms with van der Waals surface area (Å²) in [7, 11) is 0. The minimum absolute atomic E-state index is 0.0519. The summed E-state index contributed by atoms with van der Waals surface area (Å²) >= 11 is 0. The Kier molecular flexibility index (Phi) is 4.94. The Balaban J connectivity index is 1.73. The van der Waals surface area contributed by atoms with Gasteiger partial charge in [-0.25, -0.2) is 4.98 Å². The number of rotatable bonds is 6. The highest BCUT2D eigenvalue weighted by Crippen LogP contribution is 2.27. The van der Waals surface area contributed by atoms with Gasteiger partial charge in [0, 0.05) is 0 Å². The Morgan fingerprint density at radius 2 is 1.83 bits per heavy atom. The topological polar surface area (TPSA) is 57.8 Å². The predicted molar refractivity (Wildman–Crippen MR) is 96.6 cm³/mol. The van der Waals surface area contributed by atoms with Crippen LogP contribution in [0.1, 0.15) is 37.6 Å². The number of hydrogen-bond acceptors (Lipinski definition) is 2. The first-order valence-electron chi connectivity index (χ1n) is 8.45. The number of carbonyl (C=O) groups is 1. The van der Waals surface area contributed by atoms with E-state index in [1.807, 2.05) is 54.6 Å². The summed E-state index contributed by atoms with van der Waals surface area (Å²) in [6.07, 6.45) is 0.956. The van der Waals surface area contributed by atoms with E-state index in [-0.39, 0.29) is 17.7 Å². The van der Waals surface area contributed by atoms with Crippen molar-refractivity contribution in [3.8, 4) is 0 Å². The van der Waals surface area contributed by atoms with Crippen molar-refractivity contribution in [3.05, 3.63) is 66.0 Å². The largest absolute Gasteiger partial charge is 0.348 e. The standard InChI is InChI=1S/C20H23N3O/c1-3-14(2)19(15-9-5-4-6-10-15)20(24)21-13-18-22-16-11-7-8-12-17(16)23-18/h4-12,14,19H,3,13H2,1-2H3,(H,21,24)(H,22,23)/t14-,19-/m1/s1. The highest BCUT2D eigenvalue weighted by molar-refractivity contribution is 5.84. The van der Waals surface area contributed by atoms with Crippen LogP contribution in [0.5, 0.6) is 0 Å². The number of carbonyl (C=O) groups excluding carboxylic acids is 1. The first-order chi connectivity index (χ1) is 11.7. The third-order valence-corrected chi connectivity index (χ3v) is 4.52. The van der Waals surface area contributed by atoms with E-state index in [2.05, 4.69) is 29.1 Å². The minimum atomic E-state index is -0.138. The van der Waals surface area contributed by atoms with E-state index < -0.39 is 0 Å². The molecule has 124 valence electrons. The molecule has 2 atom stereocenters. The summed E-state index contributed by atoms with van der Waals surface area (Å²) in [5.74, 6) is 0.972. The van der Waals surface area contributed by atoms with Crippen molar-refractivity contribution in [3.63, 3.8) is 0 Å². The molecular formula is C20H23N3O. The van der Waals surface area contributed by atoms with E-state index in [1.165, 1.54) is 0 Å². The molecule has 1 heterocycles. The summed E-state index contributed by atoms with van der Waals surface area (Å²) in [5, 5.41) is 3.04. The van der Waals surface area contributed by atoms with Crippen LogP contribution in [0.25, 0.3) is 11.0 Å². The van der Waals surface area contributed by atoms with E-state index in [0.717, 1.165) is 28.8 Å². The molecule has 0 aliphatic heterocycles. The van der Waals surface area contributed by atoms with E-state index in [1.54, 1.807) is 0 Å². The monoisotopic (exact) mass is 321 g/mol. The zero-order chi connectivity index (χ0) is 16.9. The highest BCUT2D eigenvalue weighted by atomic mass is 16.1. The van der Waals surface area contributed by atoms with E-state index in [0.29, 0.717) is 6.54 Å². The molecule has 1 amide bonds. The van der Waals surface area contributed by atoms with Gasteiger partial charge >= 0.3 is 0 Å². The molecule has 0 radical (unpaired) electrons. The first-order valence-corrected chi connectivity index (χ1v) is 8.45. The Bertz CT molecular complexity index is 777. The second kappa shape index (κ2) is 7.30. The maximum atomic E-state index is 12.8. The average molecular weight is 321 g/mol. The number of benzene rings is 2. The van der Waals surface area contributed by atoms with Crippen LogP contribution >= 0.6 is 0 Å². The molecule has 24 heavy (non-hydrogen) atoms. The van der Waals surface area contributed by atoms with Gasteiger partial charge in [-0.1, -0.05) is 62.7 Å². The first kappa shape index (κ1) is 16.2. The Morgan fingerprint density at radius 3 is 2.54 bits per heavy atom. The number of para-hydroxylation sites is 2. The van der Waals surface area contributed by atoms with Gasteiger partial charge < -0.3 is 10.3 Å². The molecule has 0 saturated carbocycles. The zero-order valence-corrected chi connectivity index (χ0v) is 14.1. The number of H-pyrrole nitrogens is 1. The van der Waals surface area contributed by atoms with Gasteiger partial charge in [-0.05, 0) is 23.6 Å². The van der Waals surface area contributed by atoms with Crippen LogP contribution in [0.3, 0.4) is 0 Å². The van der Waals surface area contributed by atoms with Gasteiger partial charge in [-0.3, -0.25) is 4.79 Å². The van der Waals surface area contributed by atoms with Gasteiger partial charge in [0.15, 0.2) is 0 Å². The fourth-order valence-electron chi connectivity index (χ4n) is 3.00. The van der Waals surface area contributed by atoms with Crippen molar-refractivity contribution in [2.24, 2.45) is 5.92 Å². The molecule has 2 N–H and O–H groups in total. The van der Waals surface area contributed by atoms with Crippen molar-refractivity contribution in [1.29, 1.82) is 0 Å². The van der Waals surface area contributed by atoms with Crippen LogP contribution in [0.2, 0.25) is 0 Å². The number of nitrogens with zero attached hydrogens (tertiary/aromatic N) is 1. The maximum absolute atomic E-state index is 12.8. The molecule has 0 saturated heterocycles. The fraction of sp³-hybridized carbons (Fsp3) is 0.300. The molecule has 3 rings (SSSR count). The van der Waals surface area contributed by atoms with Crippen molar-refractivity contribution < 1.29 is 4.79 Å². The Labute approximate surface area is 142 Å². The summed E-state index contributed by atoms with van der Waals surface area (Å²) in [5.41, 5.74) is 2.97. The lowest BCUT2D eigenvalue weighted by molar-refractivity contribution is -0.123. The number of imidazole rings is 1. The predicted octanol–water partition coefficient (Wildman–Crippen LogP) is 4.01. The second-order valence-corrected chi connectivity index (χ2v) is 6.19. The van der Waals surface area contributed by atoms with Gasteiger partial charge in [0.2, 0.25) is 5.91 Å². The second-order valence-electron chi connectivity index (χ2n) is 6.19. The number of hydrogen-bond donors (Lipinski definition) is 2. The lowest BCUT2D eigenvalue weighted by Crippen LogP contribution is -2.32. The van der Waals surface area contributed by atoms with Crippen molar-refractivity contribution in [2.75, 3.05) is 0 Å². The zero-order valence-electron chi connectivity index (χ0n) is 14.1. The summed E-state index contributed by atoms with van der Waals surface area (Å²) in [6.45, 7) is 4.65. The Morgan fingerprint density at radius 1 is 1.12 bits per heavy atom. The van der Waals surface area contributed by atoms with Gasteiger partial charge in [-0.15, -0.1) is 0 Å². The molecule has 4 nitrogen and oxygen atoms in total. The van der Waals surface area contributed by atoms with Gasteiger partial charge in [0.25, 0.3) is 0 Å². The number of amides is 1. The summed E-state index contributed by atoms with van der Waals surface area (Å²) in [6, 6.07) is 17.9. The molecule has 3 aromatic rings. The molecule has 0 aliphatic rings. The Hall–Kier alpha value is -2.62. The van der Waals surface area contributed by atoms with Gasteiger partial charge in [0.1, 0.15) is 5.82 Å². The third kappa shape index (κ3) is 3.48. The quantitative estimate of drug-likeness (QED) is 0.721. The molecule has 0 spiro atoms. The van der Waals surface area contributed by atoms with Gasteiger partial charge in [-0.2, -0.15) is 0 Å². The molecule has 4 heteroatoms. The molecule has 0 aliphatic carbocycles. The molecule has 1 aromatic heterocycles. The van der Waals surface area contributed by atoms with Crippen LogP contribution in [-0.4, -0.2) is 15.9 Å². The van der Waals surface area contributed by atoms with Gasteiger partial charge in [0.05, 0.1) is 23.5 Å². The lowest BCUT2D eigenvalue weighted by Gasteiger charge is -2.22. The van der Waals surface area contributed by atoms with Crippen LogP contribution in [0.15, 0.2) is 54.6 Å². The molecule has 2 aromatic carbocycles. The normalized spacial score (nSPS) is 13.6. The fourth-order valence-corrected chi connectivity index (χ4v) is 3.00. The van der Waals surface area contributed by atoms with Crippen LogP contribution < -0.4 is 5.32 Å². The van der Waals surface area contributed by atoms with Crippen molar-refractivity contribution in [1.82, 2.24) is 15.3 Å². The van der Waals surface area contributed by atoms with Crippen LogP contribution in [0.4, 0.5) is 0 Å². The highest BCUT2D eigenvalue weighted by Gasteiger charge is 2.25. The molecule has 0 unspecified atom stereocenters. The molecular weight excluding hydrogens is 298 g/mol.